The van der Waals surface area contributed by atoms with E-state index in [-0.39, 0.29) is 68.6 Å². The summed E-state index contributed by atoms with van der Waals surface area (Å²) >= 11 is 0. The quantitative estimate of drug-likeness (QED) is 0.0224. The number of imidazole rings is 2. The molecular weight excluding hydrogens is 1120 g/mol. The van der Waals surface area contributed by atoms with Gasteiger partial charge in [0.2, 0.25) is 41.4 Å². The summed E-state index contributed by atoms with van der Waals surface area (Å²) in [5, 5.41) is 57.9. The lowest BCUT2D eigenvalue weighted by atomic mass is 10.0. The van der Waals surface area contributed by atoms with Crippen molar-refractivity contribution in [1.29, 1.82) is 0 Å². The molecule has 0 aliphatic heterocycles. The summed E-state index contributed by atoms with van der Waals surface area (Å²) in [7, 11) is 0. The van der Waals surface area contributed by atoms with Crippen molar-refractivity contribution in [3.8, 4) is 5.75 Å². The van der Waals surface area contributed by atoms with Crippen LogP contribution in [0.15, 0.2) is 110 Å². The average molecular weight is 1190 g/mol. The maximum absolute atomic E-state index is 15.1. The number of nitrogens with zero attached hydrogens (tertiary/aromatic N) is 2. The van der Waals surface area contributed by atoms with E-state index in [0.29, 0.717) is 44.9 Å². The normalized spacial score (nSPS) is 14.0. The van der Waals surface area contributed by atoms with Gasteiger partial charge in [-0.05, 0) is 66.8 Å². The van der Waals surface area contributed by atoms with Gasteiger partial charge in [-0.25, -0.2) is 14.8 Å². The van der Waals surface area contributed by atoms with E-state index in [2.05, 4.69) is 67.1 Å². The van der Waals surface area contributed by atoms with Gasteiger partial charge in [-0.3, -0.25) is 43.2 Å². The first-order valence-electron chi connectivity index (χ1n) is 27.3. The summed E-state index contributed by atoms with van der Waals surface area (Å²) in [6.07, 6.45) is 6.41. The van der Waals surface area contributed by atoms with Crippen molar-refractivity contribution in [3.05, 3.63) is 138 Å². The van der Waals surface area contributed by atoms with Crippen LogP contribution in [0.5, 0.6) is 5.75 Å². The molecule has 454 valence electrons. The maximum atomic E-state index is 15.1. The number of aromatic hydroxyl groups is 1. The largest absolute Gasteiger partial charge is 0.508 e. The number of carbonyl (C=O) groups is 10. The van der Waals surface area contributed by atoms with Gasteiger partial charge in [-0.15, -0.1) is 0 Å². The Hall–Kier alpha value is -10.4. The predicted octanol–water partition coefficient (Wildman–Crippen LogP) is -0.802. The van der Waals surface area contributed by atoms with Crippen LogP contribution in [-0.2, 0) is 80.0 Å². The van der Waals surface area contributed by atoms with Crippen molar-refractivity contribution in [2.24, 2.45) is 11.5 Å². The number of aromatic amines is 4. The fraction of sp³-hybridized carbons (Fsp3) is 0.333. The van der Waals surface area contributed by atoms with Gasteiger partial charge >= 0.3 is 17.9 Å². The van der Waals surface area contributed by atoms with Crippen LogP contribution in [0.25, 0.3) is 21.8 Å². The fourth-order valence-electron chi connectivity index (χ4n) is 9.51. The summed E-state index contributed by atoms with van der Waals surface area (Å²) in [5.41, 5.74) is 15.0. The van der Waals surface area contributed by atoms with Crippen molar-refractivity contribution >= 4 is 81.1 Å². The van der Waals surface area contributed by atoms with Gasteiger partial charge in [0.15, 0.2) is 0 Å². The minimum Gasteiger partial charge on any atom is -0.508 e. The van der Waals surface area contributed by atoms with Crippen LogP contribution in [0.3, 0.4) is 0 Å². The van der Waals surface area contributed by atoms with Gasteiger partial charge in [0, 0.05) is 78.7 Å². The van der Waals surface area contributed by atoms with E-state index >= 15 is 14.4 Å². The minimum atomic E-state index is -1.86. The van der Waals surface area contributed by atoms with Crippen molar-refractivity contribution < 1.29 is 68.4 Å². The Morgan fingerprint density at radius 3 is 1.30 bits per heavy atom. The number of aromatic nitrogens is 6. The first-order valence-corrected chi connectivity index (χ1v) is 27.3. The van der Waals surface area contributed by atoms with Gasteiger partial charge in [0.1, 0.15) is 48.0 Å². The molecule has 86 heavy (non-hydrogen) atoms. The van der Waals surface area contributed by atoms with Gasteiger partial charge < -0.3 is 89.0 Å². The van der Waals surface area contributed by atoms with Crippen molar-refractivity contribution in [2.45, 2.75) is 113 Å². The molecule has 4 heterocycles. The predicted molar refractivity (Wildman–Crippen MR) is 307 cm³/mol. The number of rotatable bonds is 33. The number of H-pyrrole nitrogens is 4. The summed E-state index contributed by atoms with van der Waals surface area (Å²) in [6.45, 7) is 0.202. The Morgan fingerprint density at radius 1 is 0.465 bits per heavy atom. The average Bonchev–Trinajstić information content (AvgIpc) is 3.31. The van der Waals surface area contributed by atoms with Crippen LogP contribution in [-0.4, -0.2) is 164 Å². The van der Waals surface area contributed by atoms with Crippen LogP contribution < -0.4 is 48.7 Å². The summed E-state index contributed by atoms with van der Waals surface area (Å²) in [4.78, 5) is 156. The monoisotopic (exact) mass is 1190 g/mol. The molecule has 3 aromatic carbocycles. The zero-order chi connectivity index (χ0) is 61.9. The Bertz CT molecular complexity index is 3490. The van der Waals surface area contributed by atoms with E-state index in [1.165, 1.54) is 49.3 Å². The summed E-state index contributed by atoms with van der Waals surface area (Å²) < 4.78 is 0. The lowest BCUT2D eigenvalue weighted by Gasteiger charge is -2.28. The van der Waals surface area contributed by atoms with E-state index < -0.39 is 120 Å². The van der Waals surface area contributed by atoms with Crippen LogP contribution in [0.1, 0.15) is 60.2 Å². The number of nitrogens with one attached hydrogen (secondary N) is 11. The topological polar surface area (TPSA) is 477 Å². The zero-order valence-electron chi connectivity index (χ0n) is 46.2. The third-order valence-corrected chi connectivity index (χ3v) is 14.0. The van der Waals surface area contributed by atoms with Gasteiger partial charge in [-0.1, -0.05) is 48.5 Å². The first kappa shape index (κ1) is 63.2. The van der Waals surface area contributed by atoms with Crippen LogP contribution in [0.2, 0.25) is 0 Å². The number of nitrogens with two attached hydrogens (primary N) is 2. The van der Waals surface area contributed by atoms with E-state index in [1.54, 1.807) is 60.9 Å². The zero-order valence-corrected chi connectivity index (χ0v) is 46.2. The summed E-state index contributed by atoms with van der Waals surface area (Å²) in [5.74, 6) is -11.3. The highest BCUT2D eigenvalue weighted by Crippen LogP contribution is 2.22. The fourth-order valence-corrected chi connectivity index (χ4v) is 9.51. The Balaban J connectivity index is 1.21. The number of phenolic OH excluding ortho intramolecular Hbond substituents is 1. The molecule has 4 aromatic heterocycles. The number of carbonyl (C=O) groups excluding carboxylic acids is 7. The number of amides is 7. The minimum absolute atomic E-state index is 0.0772. The van der Waals surface area contributed by atoms with Crippen LogP contribution in [0.4, 0.5) is 0 Å². The second-order valence-corrected chi connectivity index (χ2v) is 20.4. The third-order valence-electron chi connectivity index (χ3n) is 14.0. The van der Waals surface area contributed by atoms with Crippen molar-refractivity contribution in [2.75, 3.05) is 6.54 Å². The van der Waals surface area contributed by atoms with Gasteiger partial charge in [-0.2, -0.15) is 0 Å². The third kappa shape index (κ3) is 18.0. The highest BCUT2D eigenvalue weighted by molar-refractivity contribution is 5.99. The maximum Gasteiger partial charge on any atom is 0.326 e. The molecule has 19 N–H and O–H groups in total. The molecule has 0 radical (unpaired) electrons. The van der Waals surface area contributed by atoms with Crippen LogP contribution >= 0.6 is 0 Å². The molecule has 7 amide bonds. The molecule has 0 saturated carbocycles. The number of carboxylic acids is 3. The highest BCUT2D eigenvalue weighted by atomic mass is 16.4. The van der Waals surface area contributed by atoms with Gasteiger partial charge in [0.25, 0.3) is 0 Å². The molecule has 7 rings (SSSR count). The van der Waals surface area contributed by atoms with Crippen molar-refractivity contribution in [1.82, 2.24) is 67.1 Å². The summed E-state index contributed by atoms with van der Waals surface area (Å²) in [6, 6.07) is 7.36. The second kappa shape index (κ2) is 30.2. The molecule has 0 saturated heterocycles. The molecule has 0 unspecified atom stereocenters. The molecule has 0 fully saturated rings. The molecule has 29 nitrogen and oxygen atoms in total. The second-order valence-electron chi connectivity index (χ2n) is 20.4. The molecular formula is C57H67N15O14. The molecule has 0 aliphatic rings. The number of hydrogen-bond donors (Lipinski definition) is 17. The Labute approximate surface area is 489 Å². The Kier molecular flexibility index (Phi) is 22.2. The van der Waals surface area contributed by atoms with Crippen molar-refractivity contribution in [3.63, 3.8) is 0 Å². The molecule has 0 spiro atoms. The van der Waals surface area contributed by atoms with E-state index in [9.17, 15) is 54.0 Å². The number of benzene rings is 3. The Morgan fingerprint density at radius 2 is 0.872 bits per heavy atom. The van der Waals surface area contributed by atoms with E-state index in [4.69, 9.17) is 11.5 Å². The first-order chi connectivity index (χ1) is 41.2. The number of hydrogen-bond acceptors (Lipinski definition) is 15. The number of carboxylic acid groups (broad SMARTS) is 3. The number of unbranched alkanes of at least 4 members (excludes halogenated alkanes) is 1. The lowest BCUT2D eigenvalue weighted by Crippen LogP contribution is -2.61. The SMILES string of the molecule is NCCCC[C@@H](NC(=O)[C@H](Cc1c[nH]cn1)NC(=O)[C@H](Cc1c[nH]c2ccccc12)NC(=O)[C@@H](Cc1c[nH]cn1)NC(=O)[C@H](Cc1c[nH]c2ccccc12)NC(=O)[C@H](Cc1ccc(O)cc1)NC(=O)[C@@H](N)CC(=O)O)C(=O)N[C@@H](CC(=O)O)C(=O)O. The standard InChI is InChI=1S/C57H67N15O14/c58-16-6-5-11-41(51(79)72-47(57(85)86)23-49(76)77)66-55(83)45(20-33-26-60-28-64-33)70-54(82)44(19-32-25-63-40-10-4-2-8-37(32)40)69-56(84)46(21-34-27-61-29-65-34)71-53(81)43(18-31-24-62-39-9-3-1-7-36(31)39)68-52(80)42(17-30-12-14-35(73)15-13-30)67-50(78)38(59)22-48(74)75/h1-4,7-10,12-15,24-29,38,41-47,62-63,73H,5-6,11,16-23,58-59H2,(H,60,64)(H,61,65)(H,66,83)(H,67,78)(H,68,80)(H,69,84)(H,70,82)(H,71,81)(H,72,79)(H,74,75)(H,76,77)(H,85,86)/t38-,41+,42-,43-,44-,45-,46+,47-/m0/s1. The highest BCUT2D eigenvalue weighted by Gasteiger charge is 2.36. The molecule has 0 bridgehead atoms. The van der Waals surface area contributed by atoms with Crippen LogP contribution in [0, 0.1) is 0 Å². The number of fused-ring (bicyclic) bond motifs is 2. The number of phenols is 1. The number of para-hydroxylation sites is 2. The molecule has 29 heteroatoms. The smallest absolute Gasteiger partial charge is 0.326 e. The lowest BCUT2D eigenvalue weighted by molar-refractivity contribution is -0.147. The number of aliphatic carboxylic acids is 3. The van der Waals surface area contributed by atoms with E-state index in [1.807, 2.05) is 0 Å². The molecule has 8 atom stereocenters. The van der Waals surface area contributed by atoms with Gasteiger partial charge in [0.05, 0.1) is 42.9 Å². The molecule has 0 aliphatic carbocycles. The van der Waals surface area contributed by atoms with E-state index in [0.717, 1.165) is 0 Å². The molecule has 7 aromatic rings.